The van der Waals surface area contributed by atoms with Crippen molar-refractivity contribution in [2.75, 3.05) is 13.2 Å². The van der Waals surface area contributed by atoms with Crippen molar-refractivity contribution in [3.05, 3.63) is 0 Å². The van der Waals surface area contributed by atoms with Crippen molar-refractivity contribution in [3.63, 3.8) is 0 Å². The van der Waals surface area contributed by atoms with Crippen LogP contribution in [0.25, 0.3) is 0 Å². The Morgan fingerprint density at radius 1 is 0.944 bits per heavy atom. The summed E-state index contributed by atoms with van der Waals surface area (Å²) in [5.41, 5.74) is 0. The van der Waals surface area contributed by atoms with Gasteiger partial charge in [0.05, 0.1) is 6.10 Å². The van der Waals surface area contributed by atoms with Crippen LogP contribution < -0.4 is 5.32 Å². The fraction of sp³-hybridized carbons (Fsp3) is 1.00. The summed E-state index contributed by atoms with van der Waals surface area (Å²) in [6.07, 6.45) is 2.86. The second-order valence-corrected chi connectivity index (χ2v) is 6.30. The Bertz CT molecular complexity index is 192. The van der Waals surface area contributed by atoms with Crippen molar-refractivity contribution < 1.29 is 4.74 Å². The molecular formula is C16H35NO. The van der Waals surface area contributed by atoms with Crippen molar-refractivity contribution in [2.24, 2.45) is 17.8 Å². The molecule has 0 heterocycles. The van der Waals surface area contributed by atoms with Crippen LogP contribution in [-0.4, -0.2) is 25.3 Å². The van der Waals surface area contributed by atoms with Gasteiger partial charge < -0.3 is 10.1 Å². The first-order chi connectivity index (χ1) is 8.42. The van der Waals surface area contributed by atoms with Gasteiger partial charge in [-0.25, -0.2) is 0 Å². The maximum absolute atomic E-state index is 5.96. The van der Waals surface area contributed by atoms with E-state index in [1.54, 1.807) is 0 Å². The van der Waals surface area contributed by atoms with Crippen molar-refractivity contribution in [3.8, 4) is 0 Å². The maximum atomic E-state index is 5.96. The molecule has 0 amide bonds. The average molecular weight is 257 g/mol. The molecule has 0 aromatic carbocycles. The van der Waals surface area contributed by atoms with Crippen LogP contribution in [0.4, 0.5) is 0 Å². The lowest BCUT2D eigenvalue weighted by molar-refractivity contribution is -0.00210. The predicted octanol–water partition coefficient (Wildman–Crippen LogP) is 4.10. The molecule has 0 aromatic rings. The summed E-state index contributed by atoms with van der Waals surface area (Å²) in [5.74, 6) is 2.11. The summed E-state index contributed by atoms with van der Waals surface area (Å²) in [6, 6.07) is 0.490. The molecule has 0 aliphatic carbocycles. The van der Waals surface area contributed by atoms with E-state index < -0.39 is 0 Å². The summed E-state index contributed by atoms with van der Waals surface area (Å²) < 4.78 is 5.96. The molecule has 0 bridgehead atoms. The maximum Gasteiger partial charge on any atom is 0.0750 e. The third-order valence-corrected chi connectivity index (χ3v) is 3.41. The molecule has 3 unspecified atom stereocenters. The number of rotatable bonds is 10. The van der Waals surface area contributed by atoms with E-state index in [9.17, 15) is 0 Å². The Morgan fingerprint density at radius 3 is 1.94 bits per heavy atom. The molecule has 1 N–H and O–H groups in total. The Labute approximate surface area is 115 Å². The number of nitrogens with one attached hydrogen (secondary N) is 1. The molecule has 3 atom stereocenters. The molecule has 0 rings (SSSR count). The minimum Gasteiger partial charge on any atom is -0.377 e. The van der Waals surface area contributed by atoms with E-state index in [0.717, 1.165) is 25.0 Å². The second-order valence-electron chi connectivity index (χ2n) is 6.30. The third-order valence-electron chi connectivity index (χ3n) is 3.41. The number of hydrogen-bond acceptors (Lipinski definition) is 2. The summed E-state index contributed by atoms with van der Waals surface area (Å²) >= 11 is 0. The van der Waals surface area contributed by atoms with Crippen molar-refractivity contribution in [1.82, 2.24) is 5.32 Å². The van der Waals surface area contributed by atoms with Gasteiger partial charge in [-0.05, 0) is 44.1 Å². The molecule has 110 valence electrons. The zero-order chi connectivity index (χ0) is 14.1. The van der Waals surface area contributed by atoms with Crippen LogP contribution in [-0.2, 0) is 4.74 Å². The normalized spacial score (nSPS) is 17.2. The minimum atomic E-state index is 0.338. The van der Waals surface area contributed by atoms with E-state index in [0.29, 0.717) is 18.1 Å². The van der Waals surface area contributed by atoms with E-state index in [-0.39, 0.29) is 0 Å². The van der Waals surface area contributed by atoms with Crippen molar-refractivity contribution in [1.29, 1.82) is 0 Å². The highest BCUT2D eigenvalue weighted by atomic mass is 16.5. The zero-order valence-corrected chi connectivity index (χ0v) is 13.6. The first kappa shape index (κ1) is 17.9. The van der Waals surface area contributed by atoms with Crippen LogP contribution >= 0.6 is 0 Å². The highest BCUT2D eigenvalue weighted by molar-refractivity contribution is 4.81. The van der Waals surface area contributed by atoms with E-state index in [2.05, 4.69) is 53.8 Å². The second kappa shape index (κ2) is 9.80. The van der Waals surface area contributed by atoms with Gasteiger partial charge in [-0.1, -0.05) is 41.5 Å². The lowest BCUT2D eigenvalue weighted by atomic mass is 9.87. The first-order valence-corrected chi connectivity index (χ1v) is 7.77. The molecule has 0 fully saturated rings. The highest BCUT2D eigenvalue weighted by Crippen LogP contribution is 2.22. The monoisotopic (exact) mass is 257 g/mol. The van der Waals surface area contributed by atoms with Crippen LogP contribution in [0.15, 0.2) is 0 Å². The van der Waals surface area contributed by atoms with Gasteiger partial charge in [0.1, 0.15) is 0 Å². The van der Waals surface area contributed by atoms with E-state index in [4.69, 9.17) is 4.74 Å². The van der Waals surface area contributed by atoms with Crippen LogP contribution in [0, 0.1) is 17.8 Å². The molecule has 18 heavy (non-hydrogen) atoms. The highest BCUT2D eigenvalue weighted by Gasteiger charge is 2.26. The lowest BCUT2D eigenvalue weighted by Gasteiger charge is -2.32. The SMILES string of the molecule is CCNC(CC(C)CC(C)C)C(OCC)C(C)C. The first-order valence-electron chi connectivity index (χ1n) is 7.77. The quantitative estimate of drug-likeness (QED) is 0.636. The van der Waals surface area contributed by atoms with Gasteiger partial charge in [-0.15, -0.1) is 0 Å². The summed E-state index contributed by atoms with van der Waals surface area (Å²) in [6.45, 7) is 17.6. The van der Waals surface area contributed by atoms with E-state index in [1.807, 2.05) is 0 Å². The summed E-state index contributed by atoms with van der Waals surface area (Å²) in [5, 5.41) is 3.63. The smallest absolute Gasteiger partial charge is 0.0750 e. The Morgan fingerprint density at radius 2 is 1.56 bits per heavy atom. The molecule has 0 aliphatic heterocycles. The molecule has 0 spiro atoms. The van der Waals surface area contributed by atoms with Gasteiger partial charge in [-0.3, -0.25) is 0 Å². The average Bonchev–Trinajstić information content (AvgIpc) is 2.23. The molecule has 0 radical (unpaired) electrons. The Balaban J connectivity index is 4.49. The standard InChI is InChI=1S/C16H35NO/c1-8-17-15(11-14(7)10-12(3)4)16(13(5)6)18-9-2/h12-17H,8-11H2,1-7H3. The van der Waals surface area contributed by atoms with E-state index >= 15 is 0 Å². The molecular weight excluding hydrogens is 222 g/mol. The zero-order valence-electron chi connectivity index (χ0n) is 13.6. The van der Waals surface area contributed by atoms with Crippen LogP contribution in [0.5, 0.6) is 0 Å². The molecule has 0 aromatic heterocycles. The predicted molar refractivity (Wildman–Crippen MR) is 81.0 cm³/mol. The lowest BCUT2D eigenvalue weighted by Crippen LogP contribution is -2.45. The number of ether oxygens (including phenoxy) is 1. The van der Waals surface area contributed by atoms with Crippen molar-refractivity contribution >= 4 is 0 Å². The fourth-order valence-electron chi connectivity index (χ4n) is 2.90. The largest absolute Gasteiger partial charge is 0.377 e. The van der Waals surface area contributed by atoms with Gasteiger partial charge >= 0.3 is 0 Å². The molecule has 0 saturated heterocycles. The van der Waals surface area contributed by atoms with Crippen LogP contribution in [0.3, 0.4) is 0 Å². The van der Waals surface area contributed by atoms with E-state index in [1.165, 1.54) is 12.8 Å². The third kappa shape index (κ3) is 7.38. The molecule has 0 saturated carbocycles. The molecule has 2 heteroatoms. The summed E-state index contributed by atoms with van der Waals surface area (Å²) in [4.78, 5) is 0. The van der Waals surface area contributed by atoms with Gasteiger partial charge in [0.25, 0.3) is 0 Å². The number of hydrogen-bond donors (Lipinski definition) is 1. The van der Waals surface area contributed by atoms with Gasteiger partial charge in [0.2, 0.25) is 0 Å². The minimum absolute atomic E-state index is 0.338. The molecule has 0 aliphatic rings. The fourth-order valence-corrected chi connectivity index (χ4v) is 2.90. The Kier molecular flexibility index (Phi) is 9.76. The van der Waals surface area contributed by atoms with Crippen LogP contribution in [0.1, 0.15) is 61.3 Å². The van der Waals surface area contributed by atoms with Crippen LogP contribution in [0.2, 0.25) is 0 Å². The Hall–Kier alpha value is -0.0800. The summed E-state index contributed by atoms with van der Waals surface area (Å²) in [7, 11) is 0. The van der Waals surface area contributed by atoms with Gasteiger partial charge in [0.15, 0.2) is 0 Å². The van der Waals surface area contributed by atoms with Gasteiger partial charge in [0, 0.05) is 12.6 Å². The topological polar surface area (TPSA) is 21.3 Å². The van der Waals surface area contributed by atoms with Gasteiger partial charge in [-0.2, -0.15) is 0 Å². The van der Waals surface area contributed by atoms with Crippen molar-refractivity contribution in [2.45, 2.75) is 73.5 Å². The molecule has 2 nitrogen and oxygen atoms in total. The number of likely N-dealkylation sites (N-methyl/N-ethyl adjacent to an activating group) is 1.